The van der Waals surface area contributed by atoms with Crippen LogP contribution in [0, 0.1) is 13.8 Å². The number of ether oxygens (including phenoxy) is 1. The maximum atomic E-state index is 13.0. The topological polar surface area (TPSA) is 84.5 Å². The molecule has 1 atom stereocenters. The van der Waals surface area contributed by atoms with Crippen LogP contribution in [0.3, 0.4) is 0 Å². The van der Waals surface area contributed by atoms with Crippen LogP contribution in [0.15, 0.2) is 65.6 Å². The van der Waals surface area contributed by atoms with Crippen LogP contribution in [-0.4, -0.2) is 21.4 Å². The van der Waals surface area contributed by atoms with Crippen molar-refractivity contribution in [1.29, 1.82) is 0 Å². The maximum Gasteiger partial charge on any atom is 0.261 e. The molecule has 0 fully saturated rings. The molecule has 0 saturated heterocycles. The molecule has 174 valence electrons. The predicted octanol–water partition coefficient (Wildman–Crippen LogP) is 5.65. The molecule has 0 spiro atoms. The van der Waals surface area contributed by atoms with Gasteiger partial charge in [-0.2, -0.15) is 0 Å². The Labute approximate surface area is 200 Å². The molecule has 0 saturated carbocycles. The molecular weight excluding hydrogens is 460 g/mol. The molecule has 6 nitrogen and oxygen atoms in total. The van der Waals surface area contributed by atoms with E-state index in [1.165, 1.54) is 30.3 Å². The van der Waals surface area contributed by atoms with E-state index in [2.05, 4.69) is 10.0 Å². The van der Waals surface area contributed by atoms with Gasteiger partial charge in [-0.05, 0) is 67.8 Å². The summed E-state index contributed by atoms with van der Waals surface area (Å²) in [5.41, 5.74) is 3.30. The van der Waals surface area contributed by atoms with Crippen LogP contribution >= 0.6 is 11.6 Å². The fourth-order valence-electron chi connectivity index (χ4n) is 3.47. The zero-order valence-electron chi connectivity index (χ0n) is 19.0. The smallest absolute Gasteiger partial charge is 0.261 e. The minimum atomic E-state index is -3.80. The molecule has 0 heterocycles. The van der Waals surface area contributed by atoms with Crippen LogP contribution in [0.1, 0.15) is 46.4 Å². The number of halogens is 1. The number of sulfonamides is 1. The molecule has 0 aliphatic rings. The van der Waals surface area contributed by atoms with Crippen LogP contribution in [0.4, 0.5) is 5.69 Å². The summed E-state index contributed by atoms with van der Waals surface area (Å²) in [6.07, 6.45) is 0.662. The molecule has 3 aromatic carbocycles. The Morgan fingerprint density at radius 3 is 2.33 bits per heavy atom. The van der Waals surface area contributed by atoms with E-state index in [0.717, 1.165) is 22.4 Å². The van der Waals surface area contributed by atoms with Gasteiger partial charge in [0.05, 0.1) is 28.6 Å². The number of aryl methyl sites for hydroxylation is 2. The maximum absolute atomic E-state index is 13.0. The normalized spacial score (nSPS) is 12.2. The summed E-state index contributed by atoms with van der Waals surface area (Å²) >= 11 is 6.28. The number of amides is 1. The first kappa shape index (κ1) is 24.6. The summed E-state index contributed by atoms with van der Waals surface area (Å²) in [5, 5.41) is 3.22. The first-order chi connectivity index (χ1) is 15.6. The van der Waals surface area contributed by atoms with Crippen LogP contribution in [-0.2, 0) is 10.0 Å². The molecule has 0 aliphatic carbocycles. The Morgan fingerprint density at radius 1 is 1.03 bits per heavy atom. The summed E-state index contributed by atoms with van der Waals surface area (Å²) in [4.78, 5) is 13.2. The number of carbonyl (C=O) groups excluding carboxylic acids is 1. The van der Waals surface area contributed by atoms with Crippen molar-refractivity contribution in [3.05, 3.63) is 87.9 Å². The van der Waals surface area contributed by atoms with Gasteiger partial charge in [0.2, 0.25) is 0 Å². The van der Waals surface area contributed by atoms with E-state index in [9.17, 15) is 13.2 Å². The number of hydrogen-bond donors (Lipinski definition) is 2. The molecule has 1 unspecified atom stereocenters. The fourth-order valence-corrected chi connectivity index (χ4v) is 4.72. The van der Waals surface area contributed by atoms with Crippen molar-refractivity contribution in [3.8, 4) is 5.75 Å². The Bertz CT molecular complexity index is 1260. The number of nitrogens with one attached hydrogen (secondary N) is 2. The quantitative estimate of drug-likeness (QED) is 0.431. The van der Waals surface area contributed by atoms with E-state index in [-0.39, 0.29) is 27.2 Å². The molecule has 3 rings (SSSR count). The second kappa shape index (κ2) is 10.3. The molecule has 33 heavy (non-hydrogen) atoms. The largest absolute Gasteiger partial charge is 0.496 e. The van der Waals surface area contributed by atoms with E-state index >= 15 is 0 Å². The highest BCUT2D eigenvalue weighted by atomic mass is 35.5. The highest BCUT2D eigenvalue weighted by molar-refractivity contribution is 7.92. The fraction of sp³-hybridized carbons (Fsp3) is 0.240. The highest BCUT2D eigenvalue weighted by Gasteiger charge is 2.20. The van der Waals surface area contributed by atoms with Gasteiger partial charge in [-0.3, -0.25) is 9.52 Å². The van der Waals surface area contributed by atoms with Gasteiger partial charge in [-0.15, -0.1) is 0 Å². The van der Waals surface area contributed by atoms with E-state index in [1.54, 1.807) is 19.2 Å². The van der Waals surface area contributed by atoms with Gasteiger partial charge in [0.15, 0.2) is 0 Å². The number of hydrogen-bond acceptors (Lipinski definition) is 4. The molecule has 0 bridgehead atoms. The molecule has 3 aromatic rings. The molecule has 2 N–H and O–H groups in total. The summed E-state index contributed by atoms with van der Waals surface area (Å²) in [7, 11) is -2.19. The Balaban J connectivity index is 1.82. The summed E-state index contributed by atoms with van der Waals surface area (Å²) in [6.45, 7) is 5.79. The highest BCUT2D eigenvalue weighted by Crippen LogP contribution is 2.27. The third kappa shape index (κ3) is 5.86. The van der Waals surface area contributed by atoms with Gasteiger partial charge in [-0.1, -0.05) is 48.4 Å². The molecule has 0 radical (unpaired) electrons. The summed E-state index contributed by atoms with van der Waals surface area (Å²) < 4.78 is 33.3. The SMILES string of the molecule is CCC(NC(=O)c1cc(NS(=O)(=O)c2ccc(C)cc2)ccc1Cl)c1ccc(OC)c(C)c1. The van der Waals surface area contributed by atoms with Crippen LogP contribution in [0.2, 0.25) is 5.02 Å². The van der Waals surface area contributed by atoms with Gasteiger partial charge in [0.25, 0.3) is 15.9 Å². The van der Waals surface area contributed by atoms with Crippen LogP contribution in [0.25, 0.3) is 0 Å². The van der Waals surface area contributed by atoms with Gasteiger partial charge < -0.3 is 10.1 Å². The van der Waals surface area contributed by atoms with E-state index in [0.29, 0.717) is 6.42 Å². The number of rotatable bonds is 8. The second-order valence-electron chi connectivity index (χ2n) is 7.78. The first-order valence-electron chi connectivity index (χ1n) is 10.5. The molecule has 0 aliphatic heterocycles. The van der Waals surface area contributed by atoms with Crippen molar-refractivity contribution < 1.29 is 17.9 Å². The lowest BCUT2D eigenvalue weighted by molar-refractivity contribution is 0.0935. The van der Waals surface area contributed by atoms with Crippen molar-refractivity contribution in [3.63, 3.8) is 0 Å². The van der Waals surface area contributed by atoms with E-state index in [1.807, 2.05) is 39.0 Å². The van der Waals surface area contributed by atoms with Crippen molar-refractivity contribution in [1.82, 2.24) is 5.32 Å². The Hall–Kier alpha value is -3.03. The van der Waals surface area contributed by atoms with Crippen molar-refractivity contribution in [2.75, 3.05) is 11.8 Å². The average Bonchev–Trinajstić information content (AvgIpc) is 2.78. The molecule has 1 amide bonds. The molecule has 0 aromatic heterocycles. The summed E-state index contributed by atoms with van der Waals surface area (Å²) in [5.74, 6) is 0.383. The third-order valence-corrected chi connectivity index (χ3v) is 7.06. The van der Waals surface area contributed by atoms with Crippen LogP contribution in [0.5, 0.6) is 5.75 Å². The lowest BCUT2D eigenvalue weighted by Gasteiger charge is -2.19. The third-order valence-electron chi connectivity index (χ3n) is 5.33. The van der Waals surface area contributed by atoms with Crippen molar-refractivity contribution >= 4 is 33.2 Å². The van der Waals surface area contributed by atoms with Crippen LogP contribution < -0.4 is 14.8 Å². The number of anilines is 1. The van der Waals surface area contributed by atoms with Crippen molar-refractivity contribution in [2.45, 2.75) is 38.1 Å². The van der Waals surface area contributed by atoms with Gasteiger partial charge in [0.1, 0.15) is 5.75 Å². The minimum Gasteiger partial charge on any atom is -0.496 e. The zero-order chi connectivity index (χ0) is 24.2. The van der Waals surface area contributed by atoms with Gasteiger partial charge in [-0.25, -0.2) is 8.42 Å². The first-order valence-corrected chi connectivity index (χ1v) is 12.3. The average molecular weight is 487 g/mol. The second-order valence-corrected chi connectivity index (χ2v) is 9.87. The minimum absolute atomic E-state index is 0.134. The zero-order valence-corrected chi connectivity index (χ0v) is 20.5. The van der Waals surface area contributed by atoms with Gasteiger partial charge in [0, 0.05) is 5.69 Å². The van der Waals surface area contributed by atoms with E-state index in [4.69, 9.17) is 16.3 Å². The van der Waals surface area contributed by atoms with Gasteiger partial charge >= 0.3 is 0 Å². The monoisotopic (exact) mass is 486 g/mol. The molecular formula is C25H27ClN2O4S. The number of methoxy groups -OCH3 is 1. The lowest BCUT2D eigenvalue weighted by Crippen LogP contribution is -2.28. The molecule has 8 heteroatoms. The number of carbonyl (C=O) groups is 1. The summed E-state index contributed by atoms with van der Waals surface area (Å²) in [6, 6.07) is 16.5. The standard InChI is InChI=1S/C25H27ClN2O4S/c1-5-23(18-8-13-24(32-4)17(3)14-18)27-25(29)21-15-19(9-12-22(21)26)28-33(30,31)20-10-6-16(2)7-11-20/h6-15,23,28H,5H2,1-4H3,(H,27,29). The Morgan fingerprint density at radius 2 is 1.73 bits per heavy atom. The lowest BCUT2D eigenvalue weighted by atomic mass is 10.0. The predicted molar refractivity (Wildman–Crippen MR) is 132 cm³/mol. The number of benzene rings is 3. The van der Waals surface area contributed by atoms with E-state index < -0.39 is 15.9 Å². The van der Waals surface area contributed by atoms with Crippen molar-refractivity contribution in [2.24, 2.45) is 0 Å². The Kier molecular flexibility index (Phi) is 7.66.